The van der Waals surface area contributed by atoms with Crippen molar-refractivity contribution in [3.8, 4) is 0 Å². The van der Waals surface area contributed by atoms with Crippen LogP contribution in [0.5, 0.6) is 0 Å². The number of hydrogen-bond acceptors (Lipinski definition) is 3. The molecule has 0 unspecified atom stereocenters. The zero-order valence-corrected chi connectivity index (χ0v) is 13.4. The second kappa shape index (κ2) is 7.90. The van der Waals surface area contributed by atoms with E-state index < -0.39 is 0 Å². The van der Waals surface area contributed by atoms with Crippen LogP contribution >= 0.6 is 11.3 Å². The van der Waals surface area contributed by atoms with E-state index in [2.05, 4.69) is 39.9 Å². The average Bonchev–Trinajstić information content (AvgIpc) is 2.59. The normalized spacial score (nSPS) is 11.7. The van der Waals surface area contributed by atoms with Crippen LogP contribution in [-0.2, 0) is 19.4 Å². The van der Waals surface area contributed by atoms with Crippen LogP contribution in [0.25, 0.3) is 0 Å². The fourth-order valence-corrected chi connectivity index (χ4v) is 3.21. The zero-order chi connectivity index (χ0) is 13.5. The SMILES string of the molecule is CCCc1nc(CC(C)C)sc1CNCC(C)C. The minimum absolute atomic E-state index is 0.696. The van der Waals surface area contributed by atoms with Gasteiger partial charge in [-0.3, -0.25) is 0 Å². The summed E-state index contributed by atoms with van der Waals surface area (Å²) in [6, 6.07) is 0. The third-order valence-corrected chi connectivity index (χ3v) is 3.85. The fraction of sp³-hybridized carbons (Fsp3) is 0.800. The van der Waals surface area contributed by atoms with Gasteiger partial charge in [0.2, 0.25) is 0 Å². The summed E-state index contributed by atoms with van der Waals surface area (Å²) in [6.45, 7) is 13.3. The van der Waals surface area contributed by atoms with Crippen LogP contribution < -0.4 is 5.32 Å². The molecule has 1 rings (SSSR count). The molecule has 0 aliphatic carbocycles. The summed E-state index contributed by atoms with van der Waals surface area (Å²) in [4.78, 5) is 6.27. The van der Waals surface area contributed by atoms with Crippen LogP contribution in [-0.4, -0.2) is 11.5 Å². The maximum absolute atomic E-state index is 4.82. The topological polar surface area (TPSA) is 24.9 Å². The van der Waals surface area contributed by atoms with Gasteiger partial charge in [0.05, 0.1) is 10.7 Å². The largest absolute Gasteiger partial charge is 0.312 e. The molecule has 0 aromatic carbocycles. The molecular formula is C15H28N2S. The molecule has 1 heterocycles. The molecule has 0 aliphatic rings. The van der Waals surface area contributed by atoms with Crippen LogP contribution in [0, 0.1) is 11.8 Å². The van der Waals surface area contributed by atoms with E-state index in [0.717, 1.165) is 25.9 Å². The molecule has 0 radical (unpaired) electrons. The van der Waals surface area contributed by atoms with E-state index in [1.165, 1.54) is 22.0 Å². The maximum Gasteiger partial charge on any atom is 0.0934 e. The average molecular weight is 268 g/mol. The van der Waals surface area contributed by atoms with E-state index in [-0.39, 0.29) is 0 Å². The highest BCUT2D eigenvalue weighted by molar-refractivity contribution is 7.11. The Bertz CT molecular complexity index is 342. The molecule has 1 aromatic heterocycles. The molecular weight excluding hydrogens is 240 g/mol. The van der Waals surface area contributed by atoms with Crippen LogP contribution in [0.2, 0.25) is 0 Å². The van der Waals surface area contributed by atoms with Crippen molar-refractivity contribution in [2.24, 2.45) is 11.8 Å². The molecule has 3 heteroatoms. The molecule has 0 aliphatic heterocycles. The first-order valence-corrected chi connectivity index (χ1v) is 8.02. The van der Waals surface area contributed by atoms with E-state index >= 15 is 0 Å². The molecule has 0 spiro atoms. The number of aromatic nitrogens is 1. The number of rotatable bonds is 8. The second-order valence-corrected chi connectivity index (χ2v) is 7.02. The van der Waals surface area contributed by atoms with Crippen molar-refractivity contribution in [1.82, 2.24) is 10.3 Å². The highest BCUT2D eigenvalue weighted by Gasteiger charge is 2.11. The van der Waals surface area contributed by atoms with Gasteiger partial charge in [-0.2, -0.15) is 0 Å². The maximum atomic E-state index is 4.82. The summed E-state index contributed by atoms with van der Waals surface area (Å²) in [7, 11) is 0. The zero-order valence-electron chi connectivity index (χ0n) is 12.5. The van der Waals surface area contributed by atoms with Crippen molar-refractivity contribution in [2.45, 2.75) is 60.4 Å². The van der Waals surface area contributed by atoms with Gasteiger partial charge in [0.15, 0.2) is 0 Å². The van der Waals surface area contributed by atoms with E-state index in [9.17, 15) is 0 Å². The van der Waals surface area contributed by atoms with E-state index in [0.29, 0.717) is 11.8 Å². The molecule has 104 valence electrons. The van der Waals surface area contributed by atoms with Gasteiger partial charge in [-0.15, -0.1) is 11.3 Å². The van der Waals surface area contributed by atoms with Gasteiger partial charge in [0, 0.05) is 17.8 Å². The molecule has 0 bridgehead atoms. The molecule has 2 nitrogen and oxygen atoms in total. The van der Waals surface area contributed by atoms with Crippen molar-refractivity contribution in [3.63, 3.8) is 0 Å². The third-order valence-electron chi connectivity index (χ3n) is 2.73. The van der Waals surface area contributed by atoms with Gasteiger partial charge in [0.25, 0.3) is 0 Å². The predicted octanol–water partition coefficient (Wildman–Crippen LogP) is 4.04. The number of nitrogens with zero attached hydrogens (tertiary/aromatic N) is 1. The van der Waals surface area contributed by atoms with Gasteiger partial charge in [-0.05, 0) is 24.8 Å². The van der Waals surface area contributed by atoms with Crippen LogP contribution in [0.3, 0.4) is 0 Å². The molecule has 0 atom stereocenters. The van der Waals surface area contributed by atoms with Gasteiger partial charge >= 0.3 is 0 Å². The number of hydrogen-bond donors (Lipinski definition) is 1. The Morgan fingerprint density at radius 1 is 1.17 bits per heavy atom. The van der Waals surface area contributed by atoms with E-state index in [1.807, 2.05) is 11.3 Å². The van der Waals surface area contributed by atoms with Crippen molar-refractivity contribution in [2.75, 3.05) is 6.54 Å². The van der Waals surface area contributed by atoms with Gasteiger partial charge < -0.3 is 5.32 Å². The lowest BCUT2D eigenvalue weighted by Crippen LogP contribution is -2.19. The van der Waals surface area contributed by atoms with Crippen molar-refractivity contribution in [1.29, 1.82) is 0 Å². The van der Waals surface area contributed by atoms with Crippen molar-refractivity contribution >= 4 is 11.3 Å². The smallest absolute Gasteiger partial charge is 0.0934 e. The predicted molar refractivity (Wildman–Crippen MR) is 81.2 cm³/mol. The Morgan fingerprint density at radius 3 is 2.44 bits per heavy atom. The second-order valence-electron chi connectivity index (χ2n) is 5.85. The molecule has 0 saturated carbocycles. The standard InChI is InChI=1S/C15H28N2S/c1-6-7-13-14(10-16-9-12(4)5)18-15(17-13)8-11(2)3/h11-12,16H,6-10H2,1-5H3. The van der Waals surface area contributed by atoms with Crippen molar-refractivity contribution in [3.05, 3.63) is 15.6 Å². The highest BCUT2D eigenvalue weighted by atomic mass is 32.1. The molecule has 1 N–H and O–H groups in total. The van der Waals surface area contributed by atoms with E-state index in [1.54, 1.807) is 0 Å². The van der Waals surface area contributed by atoms with Crippen LogP contribution in [0.15, 0.2) is 0 Å². The third kappa shape index (κ3) is 5.49. The number of nitrogens with one attached hydrogen (secondary N) is 1. The Kier molecular flexibility index (Phi) is 6.87. The first-order valence-electron chi connectivity index (χ1n) is 7.21. The number of aryl methyl sites for hydroxylation is 1. The van der Waals surface area contributed by atoms with Crippen molar-refractivity contribution < 1.29 is 0 Å². The minimum Gasteiger partial charge on any atom is -0.312 e. The number of thiazole rings is 1. The molecule has 1 aromatic rings. The fourth-order valence-electron chi connectivity index (χ4n) is 1.92. The summed E-state index contributed by atoms with van der Waals surface area (Å²) in [5.41, 5.74) is 1.33. The van der Waals surface area contributed by atoms with Gasteiger partial charge in [-0.1, -0.05) is 41.0 Å². The Labute approximate surface area is 116 Å². The summed E-state index contributed by atoms with van der Waals surface area (Å²) in [5, 5.41) is 4.85. The molecule has 0 amide bonds. The highest BCUT2D eigenvalue weighted by Crippen LogP contribution is 2.22. The quantitative estimate of drug-likeness (QED) is 0.769. The summed E-state index contributed by atoms with van der Waals surface area (Å²) < 4.78 is 0. The lowest BCUT2D eigenvalue weighted by atomic mass is 10.1. The Morgan fingerprint density at radius 2 is 1.89 bits per heavy atom. The van der Waals surface area contributed by atoms with Crippen LogP contribution in [0.4, 0.5) is 0 Å². The summed E-state index contributed by atoms with van der Waals surface area (Å²) in [6.07, 6.45) is 3.42. The minimum atomic E-state index is 0.696. The molecule has 18 heavy (non-hydrogen) atoms. The molecule has 0 fully saturated rings. The monoisotopic (exact) mass is 268 g/mol. The van der Waals surface area contributed by atoms with Gasteiger partial charge in [-0.25, -0.2) is 4.98 Å². The lowest BCUT2D eigenvalue weighted by Gasteiger charge is -2.06. The first kappa shape index (κ1) is 15.6. The Hall–Kier alpha value is -0.410. The van der Waals surface area contributed by atoms with Gasteiger partial charge in [0.1, 0.15) is 0 Å². The Balaban J connectivity index is 2.64. The molecule has 0 saturated heterocycles. The summed E-state index contributed by atoms with van der Waals surface area (Å²) >= 11 is 1.91. The van der Waals surface area contributed by atoms with E-state index in [4.69, 9.17) is 4.98 Å². The first-order chi connectivity index (χ1) is 8.52. The van der Waals surface area contributed by atoms with Crippen LogP contribution in [0.1, 0.15) is 56.6 Å². The lowest BCUT2D eigenvalue weighted by molar-refractivity contribution is 0.553. The summed E-state index contributed by atoms with van der Waals surface area (Å²) in [5.74, 6) is 1.41.